The Morgan fingerprint density at radius 2 is 0.619 bits per heavy atom. The Hall–Kier alpha value is 0.691. The summed E-state index contributed by atoms with van der Waals surface area (Å²) < 4.78 is 117. The molecule has 0 aliphatic carbocycles. The molecule has 0 saturated carbocycles. The molecule has 0 spiro atoms. The fraction of sp³-hybridized carbons (Fsp3) is 0.500. The van der Waals surface area contributed by atoms with Crippen molar-refractivity contribution in [3.8, 4) is 0 Å². The predicted molar refractivity (Wildman–Crippen MR) is 61.7 cm³/mol. The average molecular weight is 375 g/mol. The predicted octanol–water partition coefficient (Wildman–Crippen LogP) is 4.05. The fourth-order valence-corrected chi connectivity index (χ4v) is 0. The Morgan fingerprint density at radius 1 is 0.619 bits per heavy atom. The van der Waals surface area contributed by atoms with Crippen LogP contribution in [0.25, 0.3) is 0 Å². The van der Waals surface area contributed by atoms with Crippen LogP contribution >= 0.6 is 0 Å². The van der Waals surface area contributed by atoms with Gasteiger partial charge in [-0.3, -0.25) is 0 Å². The molecular weight excluding hydrogens is 364 g/mol. The van der Waals surface area contributed by atoms with Crippen LogP contribution in [0.2, 0.25) is 0 Å². The summed E-state index contributed by atoms with van der Waals surface area (Å²) in [4.78, 5) is 0. The van der Waals surface area contributed by atoms with Crippen LogP contribution in [0.3, 0.4) is 0 Å². The Balaban J connectivity index is -0.0000000343. The molecule has 0 aromatic carbocycles. The van der Waals surface area contributed by atoms with Crippen LogP contribution in [-0.4, -0.2) is 85.4 Å². The Kier molecular flexibility index (Phi) is 37.2. The van der Waals surface area contributed by atoms with Gasteiger partial charge in [-0.2, -0.15) is 0 Å². The zero-order valence-corrected chi connectivity index (χ0v) is 10.00. The van der Waals surface area contributed by atoms with Gasteiger partial charge in [0.05, 0.1) is 0 Å². The van der Waals surface area contributed by atoms with E-state index in [0.717, 1.165) is 7.11 Å². The molecule has 1 N–H and O–H groups in total. The molecule has 0 unspecified atom stereocenters. The summed E-state index contributed by atoms with van der Waals surface area (Å²) in [6, 6.07) is 0. The first-order chi connectivity index (χ1) is 8.41. The molecule has 0 aromatic heterocycles. The zero-order chi connectivity index (χ0) is 18.2. The van der Waals surface area contributed by atoms with E-state index in [2.05, 4.69) is 6.58 Å². The van der Waals surface area contributed by atoms with Gasteiger partial charge in [0, 0.05) is 7.11 Å². The Morgan fingerprint density at radius 3 is 0.619 bits per heavy atom. The van der Waals surface area contributed by atoms with Crippen molar-refractivity contribution in [2.45, 2.75) is 6.92 Å². The van der Waals surface area contributed by atoms with Gasteiger partial charge in [0.25, 0.3) is 0 Å². The molecule has 0 saturated heterocycles. The van der Waals surface area contributed by atoms with Crippen LogP contribution in [0.1, 0.15) is 6.92 Å². The summed E-state index contributed by atoms with van der Waals surface area (Å²) in [5.41, 5.74) is 0. The second kappa shape index (κ2) is 20.7. The van der Waals surface area contributed by atoms with Crippen molar-refractivity contribution in [1.82, 2.24) is 0 Å². The quantitative estimate of drug-likeness (QED) is 0.385. The Bertz CT molecular complexity index is 144. The van der Waals surface area contributed by atoms with E-state index in [1.165, 1.54) is 0 Å². The fourth-order valence-electron chi connectivity index (χ4n) is 0. The van der Waals surface area contributed by atoms with Crippen molar-refractivity contribution >= 4 is 73.1 Å². The molecule has 0 fully saturated rings. The number of rotatable bonds is 0. The van der Waals surface area contributed by atoms with E-state index in [9.17, 15) is 51.8 Å². The van der Waals surface area contributed by atoms with Crippen molar-refractivity contribution < 1.29 is 56.9 Å². The van der Waals surface area contributed by atoms with Gasteiger partial charge in [-0.15, -0.1) is 6.58 Å². The summed E-state index contributed by atoms with van der Waals surface area (Å²) in [7, 11) is -17.0. The first-order valence-electron chi connectivity index (χ1n) is 4.05. The Labute approximate surface area is 155 Å². The third-order valence-corrected chi connectivity index (χ3v) is 0. The van der Waals surface area contributed by atoms with E-state index < -0.39 is 21.8 Å². The van der Waals surface area contributed by atoms with E-state index in [4.69, 9.17) is 5.11 Å². The van der Waals surface area contributed by atoms with Gasteiger partial charge >= 0.3 is 73.1 Å². The van der Waals surface area contributed by atoms with Gasteiger partial charge in [0.2, 0.25) is 0 Å². The van der Waals surface area contributed by atoms with Gasteiger partial charge in [0.15, 0.2) is 0 Å². The SMILES string of the molecule is C=CC.CO.F[B-](F)(F)F.F[B-](F)(F)F.F[B-](F)(F)F.[KH]. The van der Waals surface area contributed by atoms with Crippen LogP contribution in [-0.2, 0) is 0 Å². The van der Waals surface area contributed by atoms with Crippen molar-refractivity contribution in [3.05, 3.63) is 12.7 Å². The third-order valence-electron chi connectivity index (χ3n) is 0. The molecule has 0 aromatic rings. The molecule has 0 radical (unpaired) electrons. The molecule has 0 atom stereocenters. The number of hydrogen-bond donors (Lipinski definition) is 1. The molecule has 0 heterocycles. The number of allylic oxidation sites excluding steroid dienone is 1. The monoisotopic (exact) mass is 375 g/mol. The molecule has 17 heteroatoms. The van der Waals surface area contributed by atoms with E-state index >= 15 is 0 Å². The summed E-state index contributed by atoms with van der Waals surface area (Å²) in [5.74, 6) is 0. The minimum atomic E-state index is -6.00. The number of aliphatic hydroxyl groups excluding tert-OH is 1. The number of halogens is 12. The maximum atomic E-state index is 9.75. The molecule has 130 valence electrons. The molecule has 0 aliphatic rings. The van der Waals surface area contributed by atoms with Gasteiger partial charge in [0.1, 0.15) is 0 Å². The summed E-state index contributed by atoms with van der Waals surface area (Å²) >= 11 is 0. The molecular formula is C4H11B3F12KO-3. The number of hydrogen-bond acceptors (Lipinski definition) is 1. The van der Waals surface area contributed by atoms with Crippen molar-refractivity contribution in [2.24, 2.45) is 0 Å². The van der Waals surface area contributed by atoms with Gasteiger partial charge in [-0.05, 0) is 6.92 Å². The van der Waals surface area contributed by atoms with E-state index in [1.807, 2.05) is 6.92 Å². The number of aliphatic hydroxyl groups is 1. The standard InChI is InChI=1S/C3H6.CH4O.3BF4.K.H/c1-3-2;1-2;3*2-1(3,4)5;;/h3H,1H2,2H3;2H,1H3;;;;;/q;;3*-1;;. The van der Waals surface area contributed by atoms with Crippen molar-refractivity contribution in [1.29, 1.82) is 0 Å². The topological polar surface area (TPSA) is 20.2 Å². The van der Waals surface area contributed by atoms with Gasteiger partial charge in [-0.25, -0.2) is 0 Å². The van der Waals surface area contributed by atoms with Crippen LogP contribution in [0.15, 0.2) is 12.7 Å². The summed E-state index contributed by atoms with van der Waals surface area (Å²) in [6.07, 6.45) is 1.75. The average Bonchev–Trinajstić information content (AvgIpc) is 1.97. The van der Waals surface area contributed by atoms with Crippen LogP contribution < -0.4 is 0 Å². The third kappa shape index (κ3) is 15100. The molecule has 21 heavy (non-hydrogen) atoms. The first-order valence-corrected chi connectivity index (χ1v) is 4.05. The molecule has 0 aliphatic heterocycles. The van der Waals surface area contributed by atoms with E-state index in [1.54, 1.807) is 6.08 Å². The van der Waals surface area contributed by atoms with Crippen molar-refractivity contribution in [3.63, 3.8) is 0 Å². The summed E-state index contributed by atoms with van der Waals surface area (Å²) in [5, 5.41) is 7.00. The second-order valence-corrected chi connectivity index (χ2v) is 1.89. The maximum absolute atomic E-state index is 9.75. The zero-order valence-electron chi connectivity index (χ0n) is 10.00. The molecule has 1 nitrogen and oxygen atoms in total. The summed E-state index contributed by atoms with van der Waals surface area (Å²) in [6.45, 7) is 5.25. The van der Waals surface area contributed by atoms with Gasteiger partial charge in [-0.1, -0.05) is 6.08 Å². The normalized spacial score (nSPS) is 9.48. The van der Waals surface area contributed by atoms with Crippen LogP contribution in [0, 0.1) is 0 Å². The molecule has 0 bridgehead atoms. The van der Waals surface area contributed by atoms with Crippen LogP contribution in [0.5, 0.6) is 0 Å². The molecule has 0 rings (SSSR count). The minimum absolute atomic E-state index is 0. The second-order valence-electron chi connectivity index (χ2n) is 1.89. The van der Waals surface area contributed by atoms with E-state index in [0.29, 0.717) is 0 Å². The van der Waals surface area contributed by atoms with Gasteiger partial charge < -0.3 is 56.9 Å². The van der Waals surface area contributed by atoms with E-state index in [-0.39, 0.29) is 51.4 Å². The first kappa shape index (κ1) is 37.7. The molecule has 0 amide bonds. The van der Waals surface area contributed by atoms with Crippen molar-refractivity contribution in [2.75, 3.05) is 7.11 Å². The van der Waals surface area contributed by atoms with Crippen LogP contribution in [0.4, 0.5) is 51.8 Å².